The third-order valence-electron chi connectivity index (χ3n) is 1.37. The largest absolute Gasteiger partial charge is 0.386 e. The summed E-state index contributed by atoms with van der Waals surface area (Å²) in [5, 5.41) is 0. The lowest BCUT2D eigenvalue weighted by atomic mass is 10.3. The van der Waals surface area contributed by atoms with E-state index in [9.17, 15) is 8.78 Å². The van der Waals surface area contributed by atoms with E-state index in [0.717, 1.165) is 12.1 Å². The molecule has 0 bridgehead atoms. The van der Waals surface area contributed by atoms with Crippen molar-refractivity contribution in [1.82, 2.24) is 0 Å². The molecule has 0 saturated carbocycles. The van der Waals surface area contributed by atoms with Gasteiger partial charge in [0.15, 0.2) is 11.6 Å². The number of benzene rings is 1. The van der Waals surface area contributed by atoms with Gasteiger partial charge in [-0.3, -0.25) is 0 Å². The van der Waals surface area contributed by atoms with Crippen molar-refractivity contribution in [2.24, 2.45) is 10.7 Å². The van der Waals surface area contributed by atoms with Gasteiger partial charge in [-0.25, -0.2) is 13.8 Å². The first-order valence-corrected chi connectivity index (χ1v) is 4.91. The molecule has 1 aromatic rings. The average Bonchev–Trinajstić information content (AvgIpc) is 2.10. The van der Waals surface area contributed by atoms with Gasteiger partial charge in [0.05, 0.1) is 5.88 Å². The Hall–Kier alpha value is -0.680. The second-order valence-electron chi connectivity index (χ2n) is 2.45. The Balaban J connectivity index is 3.21. The lowest BCUT2D eigenvalue weighted by Crippen LogP contribution is -2.12. The number of amidine groups is 1. The van der Waals surface area contributed by atoms with Gasteiger partial charge in [-0.2, -0.15) is 0 Å². The molecule has 1 aromatic carbocycles. The van der Waals surface area contributed by atoms with Gasteiger partial charge in [0.25, 0.3) is 0 Å². The number of aliphatic imine (C=N–C) groups is 1. The van der Waals surface area contributed by atoms with E-state index in [2.05, 4.69) is 20.9 Å². The molecule has 0 saturated heterocycles. The van der Waals surface area contributed by atoms with Crippen LogP contribution in [0.1, 0.15) is 0 Å². The maximum absolute atomic E-state index is 13.1. The molecule has 0 radical (unpaired) electrons. The summed E-state index contributed by atoms with van der Waals surface area (Å²) in [6.45, 7) is 0. The molecule has 14 heavy (non-hydrogen) atoms. The van der Waals surface area contributed by atoms with Crippen LogP contribution in [0.4, 0.5) is 14.5 Å². The van der Waals surface area contributed by atoms with Crippen molar-refractivity contribution in [2.75, 3.05) is 5.88 Å². The van der Waals surface area contributed by atoms with Crippen LogP contribution >= 0.6 is 27.5 Å². The zero-order chi connectivity index (χ0) is 10.7. The SMILES string of the molecule is NC(CCl)=Nc1c(F)cc(Br)cc1F. The van der Waals surface area contributed by atoms with Crippen molar-refractivity contribution < 1.29 is 8.78 Å². The summed E-state index contributed by atoms with van der Waals surface area (Å²) < 4.78 is 26.6. The third-order valence-corrected chi connectivity index (χ3v) is 2.11. The summed E-state index contributed by atoms with van der Waals surface area (Å²) in [5.74, 6) is -1.68. The molecule has 0 amide bonds. The highest BCUT2D eigenvalue weighted by Gasteiger charge is 2.09. The smallest absolute Gasteiger partial charge is 0.153 e. The van der Waals surface area contributed by atoms with Crippen LogP contribution in [0, 0.1) is 11.6 Å². The van der Waals surface area contributed by atoms with Crippen LogP contribution in [-0.2, 0) is 0 Å². The second kappa shape index (κ2) is 4.70. The molecule has 0 atom stereocenters. The van der Waals surface area contributed by atoms with E-state index >= 15 is 0 Å². The topological polar surface area (TPSA) is 38.4 Å². The number of hydrogen-bond acceptors (Lipinski definition) is 1. The number of halogens is 4. The lowest BCUT2D eigenvalue weighted by molar-refractivity contribution is 0.586. The van der Waals surface area contributed by atoms with E-state index < -0.39 is 17.3 Å². The summed E-state index contributed by atoms with van der Waals surface area (Å²) in [5.41, 5.74) is 4.83. The number of alkyl halides is 1. The molecule has 0 aromatic heterocycles. The predicted octanol–water partition coefficient (Wildman–Crippen LogP) is 2.95. The van der Waals surface area contributed by atoms with Crippen LogP contribution in [0.3, 0.4) is 0 Å². The summed E-state index contributed by atoms with van der Waals surface area (Å²) in [7, 11) is 0. The monoisotopic (exact) mass is 282 g/mol. The molecule has 0 unspecified atom stereocenters. The van der Waals surface area contributed by atoms with Crippen LogP contribution in [0.2, 0.25) is 0 Å². The fraction of sp³-hybridized carbons (Fsp3) is 0.125. The van der Waals surface area contributed by atoms with Gasteiger partial charge < -0.3 is 5.73 Å². The maximum atomic E-state index is 13.1. The number of rotatable bonds is 2. The summed E-state index contributed by atoms with van der Waals surface area (Å²) in [6, 6.07) is 2.20. The average molecular weight is 284 g/mol. The van der Waals surface area contributed by atoms with Crippen molar-refractivity contribution >= 4 is 39.1 Å². The summed E-state index contributed by atoms with van der Waals surface area (Å²) in [4.78, 5) is 3.51. The van der Waals surface area contributed by atoms with E-state index in [1.54, 1.807) is 0 Å². The Morgan fingerprint density at radius 1 is 1.43 bits per heavy atom. The Morgan fingerprint density at radius 2 is 1.93 bits per heavy atom. The second-order valence-corrected chi connectivity index (χ2v) is 3.64. The van der Waals surface area contributed by atoms with E-state index in [-0.39, 0.29) is 11.7 Å². The van der Waals surface area contributed by atoms with Crippen LogP contribution in [0.25, 0.3) is 0 Å². The fourth-order valence-electron chi connectivity index (χ4n) is 0.815. The Labute approximate surface area is 92.9 Å². The first-order chi connectivity index (χ1) is 6.54. The van der Waals surface area contributed by atoms with Crippen LogP contribution < -0.4 is 5.73 Å². The van der Waals surface area contributed by atoms with E-state index in [1.165, 1.54) is 0 Å². The molecule has 0 heterocycles. The molecule has 2 N–H and O–H groups in total. The first kappa shape index (κ1) is 11.4. The zero-order valence-electron chi connectivity index (χ0n) is 6.90. The van der Waals surface area contributed by atoms with Crippen molar-refractivity contribution in [2.45, 2.75) is 0 Å². The maximum Gasteiger partial charge on any atom is 0.153 e. The highest BCUT2D eigenvalue weighted by atomic mass is 79.9. The molecule has 2 nitrogen and oxygen atoms in total. The van der Waals surface area contributed by atoms with Gasteiger partial charge in [-0.05, 0) is 12.1 Å². The summed E-state index contributed by atoms with van der Waals surface area (Å²) >= 11 is 8.27. The van der Waals surface area contributed by atoms with E-state index in [1.807, 2.05) is 0 Å². The van der Waals surface area contributed by atoms with Crippen LogP contribution in [-0.4, -0.2) is 11.7 Å². The van der Waals surface area contributed by atoms with Gasteiger partial charge >= 0.3 is 0 Å². The van der Waals surface area contributed by atoms with Crippen molar-refractivity contribution in [3.05, 3.63) is 28.2 Å². The number of nitrogens with zero attached hydrogens (tertiary/aromatic N) is 1. The fourth-order valence-corrected chi connectivity index (χ4v) is 1.28. The molecule has 0 aliphatic carbocycles. The molecule has 0 aliphatic heterocycles. The van der Waals surface area contributed by atoms with Crippen molar-refractivity contribution in [3.8, 4) is 0 Å². The molecule has 0 spiro atoms. The van der Waals surface area contributed by atoms with Crippen molar-refractivity contribution in [1.29, 1.82) is 0 Å². The lowest BCUT2D eigenvalue weighted by Gasteiger charge is -2.01. The molecule has 0 fully saturated rings. The minimum atomic E-state index is -0.787. The third kappa shape index (κ3) is 2.65. The van der Waals surface area contributed by atoms with Gasteiger partial charge in [-0.15, -0.1) is 11.6 Å². The van der Waals surface area contributed by atoms with Crippen molar-refractivity contribution in [3.63, 3.8) is 0 Å². The highest BCUT2D eigenvalue weighted by molar-refractivity contribution is 9.10. The molecule has 76 valence electrons. The van der Waals surface area contributed by atoms with Gasteiger partial charge in [-0.1, -0.05) is 15.9 Å². The number of nitrogens with two attached hydrogens (primary N) is 1. The van der Waals surface area contributed by atoms with E-state index in [4.69, 9.17) is 17.3 Å². The molecular formula is C8H6BrClF2N2. The zero-order valence-corrected chi connectivity index (χ0v) is 9.24. The van der Waals surface area contributed by atoms with Gasteiger partial charge in [0.2, 0.25) is 0 Å². The normalized spacial score (nSPS) is 11.9. The minimum Gasteiger partial charge on any atom is -0.386 e. The highest BCUT2D eigenvalue weighted by Crippen LogP contribution is 2.26. The van der Waals surface area contributed by atoms with Crippen LogP contribution in [0.15, 0.2) is 21.6 Å². The standard InChI is InChI=1S/C8H6BrClF2N2/c9-4-1-5(11)8(6(12)2-4)14-7(13)3-10/h1-2H,3H2,(H2,13,14). The Bertz CT molecular complexity index is 359. The van der Waals surface area contributed by atoms with Gasteiger partial charge in [0, 0.05) is 4.47 Å². The quantitative estimate of drug-likeness (QED) is 0.506. The number of hydrogen-bond donors (Lipinski definition) is 1. The minimum absolute atomic E-state index is 0.0354. The molecule has 6 heteroatoms. The van der Waals surface area contributed by atoms with E-state index in [0.29, 0.717) is 4.47 Å². The van der Waals surface area contributed by atoms with Crippen LogP contribution in [0.5, 0.6) is 0 Å². The summed E-state index contributed by atoms with van der Waals surface area (Å²) in [6.07, 6.45) is 0. The first-order valence-electron chi connectivity index (χ1n) is 3.58. The predicted molar refractivity (Wildman–Crippen MR) is 56.1 cm³/mol. The molecule has 0 aliphatic rings. The molecule has 1 rings (SSSR count). The Kier molecular flexibility index (Phi) is 3.83. The Morgan fingerprint density at radius 3 is 2.36 bits per heavy atom. The molecular weight excluding hydrogens is 277 g/mol. The van der Waals surface area contributed by atoms with Gasteiger partial charge in [0.1, 0.15) is 11.5 Å².